The summed E-state index contributed by atoms with van der Waals surface area (Å²) in [6, 6.07) is 8.21. The molecular formula is C29H41N5O4. The minimum absolute atomic E-state index is 0.141. The molecule has 1 spiro atoms. The van der Waals surface area contributed by atoms with E-state index in [1.54, 1.807) is 0 Å². The number of aromatic nitrogens is 2. The van der Waals surface area contributed by atoms with Gasteiger partial charge in [-0.05, 0) is 83.5 Å². The molecule has 5 rings (SSSR count). The van der Waals surface area contributed by atoms with Crippen molar-refractivity contribution >= 4 is 11.8 Å². The van der Waals surface area contributed by atoms with Crippen LogP contribution >= 0.6 is 0 Å². The number of hydrogen-bond donors (Lipinski definition) is 1. The van der Waals surface area contributed by atoms with Gasteiger partial charge in [-0.3, -0.25) is 14.5 Å². The summed E-state index contributed by atoms with van der Waals surface area (Å²) in [5, 5.41) is 7.10. The van der Waals surface area contributed by atoms with E-state index >= 15 is 0 Å². The summed E-state index contributed by atoms with van der Waals surface area (Å²) in [6.07, 6.45) is 7.29. The Morgan fingerprint density at radius 1 is 1.08 bits per heavy atom. The van der Waals surface area contributed by atoms with Crippen LogP contribution in [0.1, 0.15) is 69.1 Å². The Hall–Kier alpha value is -2.94. The Morgan fingerprint density at radius 2 is 1.89 bits per heavy atom. The van der Waals surface area contributed by atoms with Gasteiger partial charge in [-0.15, -0.1) is 0 Å². The van der Waals surface area contributed by atoms with Gasteiger partial charge in [0.25, 0.3) is 0 Å². The number of carbonyl (C=O) groups excluding carboxylic acids is 2. The van der Waals surface area contributed by atoms with E-state index in [1.807, 2.05) is 24.0 Å². The molecule has 2 saturated heterocycles. The maximum atomic E-state index is 13.4. The molecule has 9 nitrogen and oxygen atoms in total. The SMILES string of the molecule is Cc1noc(C2(C)CCCN(C(=O)CN3CCC4(CCCCc5ccccc5OCCNC4=O)CC3)C2)n1. The van der Waals surface area contributed by atoms with Gasteiger partial charge in [-0.2, -0.15) is 4.98 Å². The van der Waals surface area contributed by atoms with Gasteiger partial charge < -0.3 is 19.5 Å². The van der Waals surface area contributed by atoms with Crippen molar-refractivity contribution < 1.29 is 18.8 Å². The zero-order chi connectivity index (χ0) is 26.6. The first-order valence-electron chi connectivity index (χ1n) is 14.2. The summed E-state index contributed by atoms with van der Waals surface area (Å²) < 4.78 is 11.4. The summed E-state index contributed by atoms with van der Waals surface area (Å²) in [7, 11) is 0. The van der Waals surface area contributed by atoms with Crippen LogP contribution in [0.2, 0.25) is 0 Å². The number of piperidine rings is 2. The molecule has 0 aliphatic carbocycles. The van der Waals surface area contributed by atoms with E-state index in [0.29, 0.717) is 38.0 Å². The maximum Gasteiger partial charge on any atom is 0.236 e. The van der Waals surface area contributed by atoms with E-state index in [1.165, 1.54) is 5.56 Å². The minimum atomic E-state index is -0.363. The molecule has 38 heavy (non-hydrogen) atoms. The Labute approximate surface area is 225 Å². The first kappa shape index (κ1) is 26.7. The number of hydrogen-bond acceptors (Lipinski definition) is 7. The van der Waals surface area contributed by atoms with Crippen LogP contribution in [0.15, 0.2) is 28.8 Å². The lowest BCUT2D eigenvalue weighted by molar-refractivity contribution is -0.137. The van der Waals surface area contributed by atoms with Crippen molar-refractivity contribution in [2.45, 2.75) is 70.6 Å². The molecule has 206 valence electrons. The van der Waals surface area contributed by atoms with Crippen LogP contribution < -0.4 is 10.1 Å². The van der Waals surface area contributed by atoms with E-state index in [0.717, 1.165) is 76.8 Å². The minimum Gasteiger partial charge on any atom is -0.491 e. The molecule has 0 radical (unpaired) electrons. The van der Waals surface area contributed by atoms with Crippen LogP contribution in [0, 0.1) is 12.3 Å². The number of amides is 2. The van der Waals surface area contributed by atoms with Crippen molar-refractivity contribution in [1.29, 1.82) is 0 Å². The van der Waals surface area contributed by atoms with Crippen molar-refractivity contribution in [1.82, 2.24) is 25.3 Å². The van der Waals surface area contributed by atoms with Gasteiger partial charge in [-0.25, -0.2) is 0 Å². The number of ether oxygens (including phenoxy) is 1. The largest absolute Gasteiger partial charge is 0.491 e. The van der Waals surface area contributed by atoms with Crippen molar-refractivity contribution in [2.75, 3.05) is 45.9 Å². The number of rotatable bonds is 3. The monoisotopic (exact) mass is 523 g/mol. The normalized spacial score (nSPS) is 25.0. The Balaban J connectivity index is 1.16. The third kappa shape index (κ3) is 5.87. The van der Waals surface area contributed by atoms with Crippen LogP contribution in [0.4, 0.5) is 0 Å². The number of aryl methyl sites for hydroxylation is 2. The molecular weight excluding hydrogens is 482 g/mol. The molecule has 0 bridgehead atoms. The average Bonchev–Trinajstić information content (AvgIpc) is 3.37. The number of carbonyl (C=O) groups is 2. The third-order valence-electron chi connectivity index (χ3n) is 8.72. The molecule has 1 atom stereocenters. The lowest BCUT2D eigenvalue weighted by Crippen LogP contribution is -2.53. The maximum absolute atomic E-state index is 13.4. The molecule has 1 unspecified atom stereocenters. The molecule has 3 aliphatic heterocycles. The van der Waals surface area contributed by atoms with Crippen molar-refractivity contribution in [2.24, 2.45) is 5.41 Å². The van der Waals surface area contributed by atoms with E-state index < -0.39 is 0 Å². The van der Waals surface area contributed by atoms with E-state index in [9.17, 15) is 9.59 Å². The predicted octanol–water partition coefficient (Wildman–Crippen LogP) is 3.26. The predicted molar refractivity (Wildman–Crippen MR) is 143 cm³/mol. The number of nitrogens with zero attached hydrogens (tertiary/aromatic N) is 4. The Morgan fingerprint density at radius 3 is 2.68 bits per heavy atom. The van der Waals surface area contributed by atoms with Crippen LogP contribution in [-0.4, -0.2) is 77.6 Å². The first-order chi connectivity index (χ1) is 18.4. The van der Waals surface area contributed by atoms with E-state index in [-0.39, 0.29) is 22.6 Å². The molecule has 2 aromatic rings. The molecule has 0 saturated carbocycles. The smallest absolute Gasteiger partial charge is 0.236 e. The third-order valence-corrected chi connectivity index (χ3v) is 8.72. The van der Waals surface area contributed by atoms with Crippen LogP contribution in [-0.2, 0) is 21.4 Å². The molecule has 2 amide bonds. The van der Waals surface area contributed by atoms with Gasteiger partial charge in [0, 0.05) is 13.1 Å². The fraction of sp³-hybridized carbons (Fsp3) is 0.655. The van der Waals surface area contributed by atoms with Crippen LogP contribution in [0.25, 0.3) is 0 Å². The zero-order valence-electron chi connectivity index (χ0n) is 22.8. The van der Waals surface area contributed by atoms with Crippen molar-refractivity contribution in [3.63, 3.8) is 0 Å². The molecule has 1 aromatic heterocycles. The van der Waals surface area contributed by atoms with Crippen LogP contribution in [0.5, 0.6) is 5.75 Å². The number of benzene rings is 1. The lowest BCUT2D eigenvalue weighted by Gasteiger charge is -2.42. The fourth-order valence-corrected chi connectivity index (χ4v) is 6.33. The molecule has 4 heterocycles. The molecule has 2 fully saturated rings. The van der Waals surface area contributed by atoms with Gasteiger partial charge in [0.1, 0.15) is 12.4 Å². The van der Waals surface area contributed by atoms with Gasteiger partial charge in [-0.1, -0.05) is 29.8 Å². The topological polar surface area (TPSA) is 101 Å². The summed E-state index contributed by atoms with van der Waals surface area (Å²) >= 11 is 0. The lowest BCUT2D eigenvalue weighted by atomic mass is 9.73. The Kier molecular flexibility index (Phi) is 8.02. The number of fused-ring (bicyclic) bond motifs is 1. The highest BCUT2D eigenvalue weighted by molar-refractivity contribution is 5.83. The van der Waals surface area contributed by atoms with Crippen molar-refractivity contribution in [3.8, 4) is 5.75 Å². The second kappa shape index (κ2) is 11.4. The highest BCUT2D eigenvalue weighted by atomic mass is 16.5. The first-order valence-corrected chi connectivity index (χ1v) is 14.2. The molecule has 1 aromatic carbocycles. The van der Waals surface area contributed by atoms with E-state index in [2.05, 4.69) is 39.4 Å². The van der Waals surface area contributed by atoms with Gasteiger partial charge in [0.05, 0.1) is 23.9 Å². The highest BCUT2D eigenvalue weighted by Crippen LogP contribution is 2.38. The quantitative estimate of drug-likeness (QED) is 0.659. The molecule has 1 N–H and O–H groups in total. The van der Waals surface area contributed by atoms with Gasteiger partial charge in [0.15, 0.2) is 5.82 Å². The van der Waals surface area contributed by atoms with E-state index in [4.69, 9.17) is 9.26 Å². The van der Waals surface area contributed by atoms with Gasteiger partial charge >= 0.3 is 0 Å². The summed E-state index contributed by atoms with van der Waals surface area (Å²) in [6.45, 7) is 8.16. The summed E-state index contributed by atoms with van der Waals surface area (Å²) in [5.74, 6) is 2.45. The van der Waals surface area contributed by atoms with Crippen molar-refractivity contribution in [3.05, 3.63) is 41.5 Å². The zero-order valence-corrected chi connectivity index (χ0v) is 22.8. The average molecular weight is 524 g/mol. The number of para-hydroxylation sites is 1. The fourth-order valence-electron chi connectivity index (χ4n) is 6.33. The molecule has 9 heteroatoms. The summed E-state index contributed by atoms with van der Waals surface area (Å²) in [4.78, 5) is 35.3. The van der Waals surface area contributed by atoms with Crippen LogP contribution in [0.3, 0.4) is 0 Å². The number of nitrogens with one attached hydrogen (secondary N) is 1. The highest BCUT2D eigenvalue weighted by Gasteiger charge is 2.42. The second-order valence-corrected chi connectivity index (χ2v) is 11.6. The standard InChI is InChI=1S/C29H41N5O4/c1-22-31-27(38-32-22)28(2)11-7-16-34(21-28)25(35)20-33-17-13-29(14-18-33)12-6-5-9-23-8-3-4-10-24(23)37-19-15-30-26(29)36/h3-4,8,10H,5-7,9,11-21H2,1-2H3,(H,30,36). The summed E-state index contributed by atoms with van der Waals surface area (Å²) in [5.41, 5.74) is 0.569. The number of likely N-dealkylation sites (tertiary alicyclic amines) is 2. The Bertz CT molecular complexity index is 1130. The second-order valence-electron chi connectivity index (χ2n) is 11.6. The molecule has 3 aliphatic rings. The van der Waals surface area contributed by atoms with Gasteiger partial charge in [0.2, 0.25) is 17.7 Å².